The second-order valence-electron chi connectivity index (χ2n) is 5.84. The van der Waals surface area contributed by atoms with Crippen molar-refractivity contribution in [2.24, 2.45) is 0 Å². The number of rotatable bonds is 4. The molecule has 1 N–H and O–H groups in total. The van der Waals surface area contributed by atoms with Gasteiger partial charge in [-0.2, -0.15) is 11.8 Å². The largest absolute Gasteiger partial charge is 0.370 e. The van der Waals surface area contributed by atoms with E-state index in [1.807, 2.05) is 11.8 Å². The Balaban J connectivity index is 1.89. The van der Waals surface area contributed by atoms with E-state index in [1.54, 1.807) is 0 Å². The summed E-state index contributed by atoms with van der Waals surface area (Å²) >= 11 is 2.05. The fourth-order valence-electron chi connectivity index (χ4n) is 3.09. The van der Waals surface area contributed by atoms with Crippen molar-refractivity contribution in [3.63, 3.8) is 0 Å². The van der Waals surface area contributed by atoms with E-state index in [0.717, 1.165) is 37.4 Å². The first-order valence-corrected chi connectivity index (χ1v) is 9.18. The zero-order chi connectivity index (χ0) is 13.8. The maximum Gasteiger partial charge on any atom is 0.143 e. The number of hydrogen-bond donors (Lipinski definition) is 1. The smallest absolute Gasteiger partial charge is 0.143 e. The molecular formula is C16H25N3S. The molecule has 110 valence electrons. The predicted molar refractivity (Wildman–Crippen MR) is 86.5 cm³/mol. The summed E-state index contributed by atoms with van der Waals surface area (Å²) in [5.74, 6) is 3.50. The number of hydrogen-bond acceptors (Lipinski definition) is 4. The third kappa shape index (κ3) is 3.11. The molecule has 3 rings (SSSR count). The van der Waals surface area contributed by atoms with Crippen molar-refractivity contribution >= 4 is 17.6 Å². The first-order valence-electron chi connectivity index (χ1n) is 8.13. The van der Waals surface area contributed by atoms with Gasteiger partial charge in [0, 0.05) is 17.8 Å². The molecular weight excluding hydrogens is 266 g/mol. The molecule has 2 aliphatic rings. The molecule has 1 aromatic rings. The van der Waals surface area contributed by atoms with Gasteiger partial charge in [0.2, 0.25) is 0 Å². The highest BCUT2D eigenvalue weighted by molar-refractivity contribution is 7.99. The SMILES string of the molecule is CCCNc1nc(C2CCCCS2)nc2c1CCCC2. The van der Waals surface area contributed by atoms with E-state index < -0.39 is 0 Å². The number of aromatic nitrogens is 2. The van der Waals surface area contributed by atoms with Gasteiger partial charge in [-0.25, -0.2) is 9.97 Å². The van der Waals surface area contributed by atoms with Crippen molar-refractivity contribution < 1.29 is 0 Å². The van der Waals surface area contributed by atoms with Gasteiger partial charge >= 0.3 is 0 Å². The Labute approximate surface area is 126 Å². The third-order valence-electron chi connectivity index (χ3n) is 4.21. The molecule has 0 bridgehead atoms. The van der Waals surface area contributed by atoms with Crippen LogP contribution in [-0.2, 0) is 12.8 Å². The van der Waals surface area contributed by atoms with Crippen LogP contribution >= 0.6 is 11.8 Å². The van der Waals surface area contributed by atoms with Gasteiger partial charge in [0.15, 0.2) is 0 Å². The van der Waals surface area contributed by atoms with E-state index in [2.05, 4.69) is 12.2 Å². The lowest BCUT2D eigenvalue weighted by Crippen LogP contribution is -2.17. The molecule has 1 aliphatic heterocycles. The number of nitrogens with one attached hydrogen (secondary N) is 1. The summed E-state index contributed by atoms with van der Waals surface area (Å²) in [7, 11) is 0. The topological polar surface area (TPSA) is 37.8 Å². The molecule has 1 saturated heterocycles. The lowest BCUT2D eigenvalue weighted by Gasteiger charge is -2.24. The number of nitrogens with zero attached hydrogens (tertiary/aromatic N) is 2. The lowest BCUT2D eigenvalue weighted by molar-refractivity contribution is 0.629. The maximum absolute atomic E-state index is 4.93. The minimum Gasteiger partial charge on any atom is -0.370 e. The minimum absolute atomic E-state index is 0.526. The van der Waals surface area contributed by atoms with Crippen LogP contribution in [0.2, 0.25) is 0 Å². The molecule has 4 heteroatoms. The molecule has 1 aromatic heterocycles. The molecule has 20 heavy (non-hydrogen) atoms. The fourth-order valence-corrected chi connectivity index (χ4v) is 4.33. The highest BCUT2D eigenvalue weighted by Crippen LogP contribution is 2.38. The van der Waals surface area contributed by atoms with Crippen molar-refractivity contribution in [2.75, 3.05) is 17.6 Å². The van der Waals surface area contributed by atoms with Gasteiger partial charge in [-0.05, 0) is 50.7 Å². The summed E-state index contributed by atoms with van der Waals surface area (Å²) in [5, 5.41) is 4.07. The standard InChI is InChI=1S/C16H25N3S/c1-2-10-17-15-12-7-3-4-8-13(12)18-16(19-15)14-9-5-6-11-20-14/h14H,2-11H2,1H3,(H,17,18,19). The summed E-state index contributed by atoms with van der Waals surface area (Å²) in [6.07, 6.45) is 9.94. The van der Waals surface area contributed by atoms with Crippen LogP contribution in [0, 0.1) is 0 Å². The number of anilines is 1. The highest BCUT2D eigenvalue weighted by atomic mass is 32.2. The van der Waals surface area contributed by atoms with Crippen LogP contribution in [-0.4, -0.2) is 22.3 Å². The van der Waals surface area contributed by atoms with Crippen LogP contribution in [0.5, 0.6) is 0 Å². The van der Waals surface area contributed by atoms with E-state index in [0.29, 0.717) is 5.25 Å². The van der Waals surface area contributed by atoms with Crippen molar-refractivity contribution in [3.8, 4) is 0 Å². The molecule has 1 aliphatic carbocycles. The Bertz CT molecular complexity index is 455. The second-order valence-corrected chi connectivity index (χ2v) is 7.16. The summed E-state index contributed by atoms with van der Waals surface area (Å²) < 4.78 is 0. The molecule has 0 amide bonds. The quantitative estimate of drug-likeness (QED) is 0.905. The maximum atomic E-state index is 4.93. The van der Waals surface area contributed by atoms with Gasteiger partial charge in [0.1, 0.15) is 11.6 Å². The Morgan fingerprint density at radius 3 is 2.85 bits per heavy atom. The molecule has 0 radical (unpaired) electrons. The van der Waals surface area contributed by atoms with Gasteiger partial charge < -0.3 is 5.32 Å². The lowest BCUT2D eigenvalue weighted by atomic mass is 9.96. The Kier molecular flexibility index (Phi) is 4.81. The highest BCUT2D eigenvalue weighted by Gasteiger charge is 2.23. The van der Waals surface area contributed by atoms with Gasteiger partial charge in [-0.3, -0.25) is 0 Å². The average Bonchev–Trinajstić information content (AvgIpc) is 2.53. The van der Waals surface area contributed by atoms with Gasteiger partial charge in [0.25, 0.3) is 0 Å². The second kappa shape index (κ2) is 6.79. The molecule has 0 aromatic carbocycles. The van der Waals surface area contributed by atoms with E-state index >= 15 is 0 Å². The van der Waals surface area contributed by atoms with Crippen LogP contribution in [0.3, 0.4) is 0 Å². The van der Waals surface area contributed by atoms with Crippen LogP contribution in [0.4, 0.5) is 5.82 Å². The monoisotopic (exact) mass is 291 g/mol. The van der Waals surface area contributed by atoms with Crippen LogP contribution in [0.25, 0.3) is 0 Å². The third-order valence-corrected chi connectivity index (χ3v) is 5.58. The zero-order valence-corrected chi connectivity index (χ0v) is 13.3. The molecule has 0 saturated carbocycles. The van der Waals surface area contributed by atoms with Gasteiger partial charge in [-0.15, -0.1) is 0 Å². The summed E-state index contributed by atoms with van der Waals surface area (Å²) in [6.45, 7) is 3.22. The first-order chi connectivity index (χ1) is 9.88. The molecule has 0 spiro atoms. The minimum atomic E-state index is 0.526. The number of aryl methyl sites for hydroxylation is 1. The Morgan fingerprint density at radius 2 is 2.05 bits per heavy atom. The summed E-state index contributed by atoms with van der Waals surface area (Å²) in [5.41, 5.74) is 2.72. The van der Waals surface area contributed by atoms with Crippen molar-refractivity contribution in [1.29, 1.82) is 0 Å². The normalized spacial score (nSPS) is 22.4. The Hall–Kier alpha value is -0.770. The molecule has 1 fully saturated rings. The van der Waals surface area contributed by atoms with Crippen LogP contribution < -0.4 is 5.32 Å². The number of fused-ring (bicyclic) bond motifs is 1. The zero-order valence-electron chi connectivity index (χ0n) is 12.5. The van der Waals surface area contributed by atoms with Crippen LogP contribution in [0.15, 0.2) is 0 Å². The summed E-state index contributed by atoms with van der Waals surface area (Å²) in [4.78, 5) is 9.84. The van der Waals surface area contributed by atoms with Crippen molar-refractivity contribution in [3.05, 3.63) is 17.1 Å². The van der Waals surface area contributed by atoms with Crippen LogP contribution in [0.1, 0.15) is 67.8 Å². The molecule has 1 atom stereocenters. The average molecular weight is 291 g/mol. The van der Waals surface area contributed by atoms with E-state index in [-0.39, 0.29) is 0 Å². The molecule has 1 unspecified atom stereocenters. The number of thioether (sulfide) groups is 1. The fraction of sp³-hybridized carbons (Fsp3) is 0.750. The van der Waals surface area contributed by atoms with E-state index in [9.17, 15) is 0 Å². The molecule has 3 nitrogen and oxygen atoms in total. The predicted octanol–water partition coefficient (Wildman–Crippen LogP) is 4.14. The van der Waals surface area contributed by atoms with Crippen molar-refractivity contribution in [2.45, 2.75) is 63.5 Å². The van der Waals surface area contributed by atoms with Gasteiger partial charge in [-0.1, -0.05) is 13.3 Å². The first kappa shape index (κ1) is 14.2. The summed E-state index contributed by atoms with van der Waals surface area (Å²) in [6, 6.07) is 0. The Morgan fingerprint density at radius 1 is 1.15 bits per heavy atom. The van der Waals surface area contributed by atoms with E-state index in [1.165, 1.54) is 49.1 Å². The van der Waals surface area contributed by atoms with Gasteiger partial charge in [0.05, 0.1) is 5.25 Å². The molecule has 2 heterocycles. The van der Waals surface area contributed by atoms with Crippen molar-refractivity contribution in [1.82, 2.24) is 9.97 Å². The van der Waals surface area contributed by atoms with E-state index in [4.69, 9.17) is 9.97 Å².